The summed E-state index contributed by atoms with van der Waals surface area (Å²) in [4.78, 5) is 25.0. The second-order valence-electron chi connectivity index (χ2n) is 4.34. The van der Waals surface area contributed by atoms with Gasteiger partial charge in [0.2, 0.25) is 0 Å². The molecule has 0 aliphatic carbocycles. The fourth-order valence-electron chi connectivity index (χ4n) is 1.79. The number of imide groups is 1. The summed E-state index contributed by atoms with van der Waals surface area (Å²) < 4.78 is 5.35. The van der Waals surface area contributed by atoms with Gasteiger partial charge in [-0.1, -0.05) is 6.92 Å². The fraction of sp³-hybridized carbons (Fsp3) is 0.818. The largest absolute Gasteiger partial charge is 0.375 e. The smallest absolute Gasteiger partial charge is 0.325 e. The van der Waals surface area contributed by atoms with E-state index in [2.05, 4.69) is 5.32 Å². The van der Waals surface area contributed by atoms with E-state index in [1.165, 1.54) is 4.90 Å². The lowest BCUT2D eigenvalue weighted by Gasteiger charge is -2.22. The zero-order valence-electron chi connectivity index (χ0n) is 10.7. The predicted octanol–water partition coefficient (Wildman–Crippen LogP) is 0.0707. The van der Waals surface area contributed by atoms with Crippen molar-refractivity contribution in [2.24, 2.45) is 5.73 Å². The van der Waals surface area contributed by atoms with E-state index in [-0.39, 0.29) is 31.1 Å². The molecule has 2 unspecified atom stereocenters. The first-order chi connectivity index (χ1) is 7.98. The van der Waals surface area contributed by atoms with Gasteiger partial charge >= 0.3 is 6.03 Å². The molecule has 6 nitrogen and oxygen atoms in total. The summed E-state index contributed by atoms with van der Waals surface area (Å²) >= 11 is 0. The van der Waals surface area contributed by atoms with E-state index in [4.69, 9.17) is 10.5 Å². The average Bonchev–Trinajstić information content (AvgIpc) is 2.52. The number of hydrogen-bond donors (Lipinski definition) is 2. The van der Waals surface area contributed by atoms with Gasteiger partial charge in [-0.2, -0.15) is 0 Å². The monoisotopic (exact) mass is 243 g/mol. The minimum atomic E-state index is -0.789. The van der Waals surface area contributed by atoms with Crippen LogP contribution in [0.5, 0.6) is 0 Å². The van der Waals surface area contributed by atoms with Gasteiger partial charge < -0.3 is 15.8 Å². The zero-order chi connectivity index (χ0) is 13.1. The number of amides is 3. The molecule has 0 bridgehead atoms. The van der Waals surface area contributed by atoms with Crippen molar-refractivity contribution in [1.82, 2.24) is 10.2 Å². The van der Waals surface area contributed by atoms with Gasteiger partial charge in [-0.25, -0.2) is 4.79 Å². The highest BCUT2D eigenvalue weighted by Crippen LogP contribution is 2.21. The lowest BCUT2D eigenvalue weighted by molar-refractivity contribution is -0.132. The van der Waals surface area contributed by atoms with Gasteiger partial charge in [-0.3, -0.25) is 9.69 Å². The van der Waals surface area contributed by atoms with Crippen LogP contribution in [0.1, 0.15) is 27.2 Å². The molecule has 1 aliphatic heterocycles. The number of rotatable bonds is 6. The highest BCUT2D eigenvalue weighted by molar-refractivity contribution is 6.06. The Hall–Kier alpha value is -1.14. The molecule has 3 amide bonds. The van der Waals surface area contributed by atoms with Gasteiger partial charge in [0.1, 0.15) is 5.54 Å². The van der Waals surface area contributed by atoms with Gasteiger partial charge in [0, 0.05) is 13.2 Å². The Morgan fingerprint density at radius 3 is 2.53 bits per heavy atom. The molecule has 17 heavy (non-hydrogen) atoms. The summed E-state index contributed by atoms with van der Waals surface area (Å²) in [6.45, 7) is 6.45. The summed E-state index contributed by atoms with van der Waals surface area (Å²) in [5, 5.41) is 2.69. The molecule has 0 aromatic heterocycles. The van der Waals surface area contributed by atoms with E-state index in [1.807, 2.05) is 13.8 Å². The van der Waals surface area contributed by atoms with Crippen LogP contribution in [0.3, 0.4) is 0 Å². The van der Waals surface area contributed by atoms with Crippen molar-refractivity contribution in [1.29, 1.82) is 0 Å². The van der Waals surface area contributed by atoms with E-state index in [0.717, 1.165) is 0 Å². The highest BCUT2D eigenvalue weighted by atomic mass is 16.5. The third-order valence-electron chi connectivity index (χ3n) is 3.10. The van der Waals surface area contributed by atoms with Crippen LogP contribution in [0.15, 0.2) is 0 Å². The van der Waals surface area contributed by atoms with E-state index >= 15 is 0 Å². The number of nitrogens with zero attached hydrogens (tertiary/aromatic N) is 1. The van der Waals surface area contributed by atoms with Crippen molar-refractivity contribution in [2.45, 2.75) is 38.8 Å². The highest BCUT2D eigenvalue weighted by Gasteiger charge is 2.46. The normalized spacial score (nSPS) is 26.2. The van der Waals surface area contributed by atoms with Gasteiger partial charge in [0.05, 0.1) is 12.6 Å². The Bertz CT molecular complexity index is 308. The molecule has 0 radical (unpaired) electrons. The zero-order valence-corrected chi connectivity index (χ0v) is 10.7. The quantitative estimate of drug-likeness (QED) is 0.647. The van der Waals surface area contributed by atoms with Crippen LogP contribution in [0, 0.1) is 0 Å². The SMILES string of the molecule is CCOC(CN)CN1C(=O)NC(C)(CC)C1=O. The van der Waals surface area contributed by atoms with E-state index in [1.54, 1.807) is 6.92 Å². The van der Waals surface area contributed by atoms with Gasteiger partial charge in [-0.05, 0) is 20.3 Å². The van der Waals surface area contributed by atoms with Crippen molar-refractivity contribution in [3.63, 3.8) is 0 Å². The molecule has 2 atom stereocenters. The standard InChI is InChI=1S/C11H21N3O3/c1-4-11(3)9(15)14(10(16)13-11)7-8(6-12)17-5-2/h8H,4-7,12H2,1-3H3,(H,13,16). The van der Waals surface area contributed by atoms with Crippen molar-refractivity contribution in [3.05, 3.63) is 0 Å². The second kappa shape index (κ2) is 5.46. The van der Waals surface area contributed by atoms with Gasteiger partial charge in [-0.15, -0.1) is 0 Å². The minimum Gasteiger partial charge on any atom is -0.375 e. The molecular formula is C11H21N3O3. The summed E-state index contributed by atoms with van der Waals surface area (Å²) in [7, 11) is 0. The molecule has 1 heterocycles. The molecule has 0 aromatic rings. The molecule has 6 heteroatoms. The Morgan fingerprint density at radius 2 is 2.12 bits per heavy atom. The van der Waals surface area contributed by atoms with Crippen LogP contribution in [0.25, 0.3) is 0 Å². The topological polar surface area (TPSA) is 84.7 Å². The maximum atomic E-state index is 12.1. The predicted molar refractivity (Wildman–Crippen MR) is 63.4 cm³/mol. The number of nitrogens with one attached hydrogen (secondary N) is 1. The molecule has 1 rings (SSSR count). The molecule has 98 valence electrons. The third kappa shape index (κ3) is 2.76. The molecule has 1 saturated heterocycles. The number of ether oxygens (including phenoxy) is 1. The maximum Gasteiger partial charge on any atom is 0.325 e. The van der Waals surface area contributed by atoms with Crippen molar-refractivity contribution < 1.29 is 14.3 Å². The molecular weight excluding hydrogens is 222 g/mol. The van der Waals surface area contributed by atoms with Crippen LogP contribution in [0.4, 0.5) is 4.79 Å². The van der Waals surface area contributed by atoms with Crippen LogP contribution in [-0.2, 0) is 9.53 Å². The minimum absolute atomic E-state index is 0.205. The second-order valence-corrected chi connectivity index (χ2v) is 4.34. The van der Waals surface area contributed by atoms with Crippen molar-refractivity contribution >= 4 is 11.9 Å². The molecule has 0 aromatic carbocycles. The van der Waals surface area contributed by atoms with E-state index < -0.39 is 5.54 Å². The molecule has 1 aliphatic rings. The molecule has 1 fully saturated rings. The van der Waals surface area contributed by atoms with Crippen molar-refractivity contribution in [3.8, 4) is 0 Å². The Kier molecular flexibility index (Phi) is 4.47. The van der Waals surface area contributed by atoms with E-state index in [0.29, 0.717) is 13.0 Å². The molecule has 3 N–H and O–H groups in total. The number of carbonyl (C=O) groups is 2. The van der Waals surface area contributed by atoms with Crippen LogP contribution >= 0.6 is 0 Å². The first-order valence-electron chi connectivity index (χ1n) is 5.94. The lowest BCUT2D eigenvalue weighted by atomic mass is 9.99. The van der Waals surface area contributed by atoms with Crippen molar-refractivity contribution in [2.75, 3.05) is 19.7 Å². The van der Waals surface area contributed by atoms with Gasteiger partial charge in [0.25, 0.3) is 5.91 Å². The third-order valence-corrected chi connectivity index (χ3v) is 3.10. The summed E-state index contributed by atoms with van der Waals surface area (Å²) in [6.07, 6.45) is 0.268. The number of nitrogens with two attached hydrogens (primary N) is 1. The maximum absolute atomic E-state index is 12.1. The number of urea groups is 1. The Labute approximate surface area is 101 Å². The first kappa shape index (κ1) is 13.9. The first-order valence-corrected chi connectivity index (χ1v) is 5.94. The average molecular weight is 243 g/mol. The lowest BCUT2D eigenvalue weighted by Crippen LogP contribution is -2.45. The van der Waals surface area contributed by atoms with Crippen LogP contribution < -0.4 is 11.1 Å². The summed E-state index contributed by atoms with van der Waals surface area (Å²) in [6, 6.07) is -0.363. The summed E-state index contributed by atoms with van der Waals surface area (Å²) in [5.74, 6) is -0.205. The Morgan fingerprint density at radius 1 is 1.47 bits per heavy atom. The summed E-state index contributed by atoms with van der Waals surface area (Å²) in [5.41, 5.74) is 4.74. The number of carbonyl (C=O) groups excluding carboxylic acids is 2. The van der Waals surface area contributed by atoms with Crippen LogP contribution in [-0.4, -0.2) is 48.2 Å². The van der Waals surface area contributed by atoms with Crippen LogP contribution in [0.2, 0.25) is 0 Å². The molecule has 0 spiro atoms. The Balaban J connectivity index is 2.72. The number of hydrogen-bond acceptors (Lipinski definition) is 4. The van der Waals surface area contributed by atoms with E-state index in [9.17, 15) is 9.59 Å². The fourth-order valence-corrected chi connectivity index (χ4v) is 1.79. The van der Waals surface area contributed by atoms with Gasteiger partial charge in [0.15, 0.2) is 0 Å². The molecule has 0 saturated carbocycles.